The van der Waals surface area contributed by atoms with Crippen LogP contribution in [0.4, 0.5) is 10.2 Å². The second-order valence-electron chi connectivity index (χ2n) is 9.94. The second kappa shape index (κ2) is 10.5. The number of aromatic nitrogens is 2. The summed E-state index contributed by atoms with van der Waals surface area (Å²) in [7, 11) is 1.44. The van der Waals surface area contributed by atoms with Crippen LogP contribution in [0.2, 0.25) is 0 Å². The standard InChI is InChI=1S/C28H35FN4O2.ClH/c1-7-28(8-2,20-14-15-23(35-6)21(29)16-20)31-26(34)24-18(3)32-33-25(24)30-22(17-27(33,4)5)19-12-10-9-11-13-19;/h9-16,22,30H,7-8,17H2,1-6H3,(H,31,34);1H/t22-;/m1./s1. The third-order valence-corrected chi connectivity index (χ3v) is 7.34. The minimum absolute atomic E-state index is 0. The summed E-state index contributed by atoms with van der Waals surface area (Å²) in [6.45, 7) is 10.1. The van der Waals surface area contributed by atoms with Crippen molar-refractivity contribution in [1.29, 1.82) is 0 Å². The first-order valence-corrected chi connectivity index (χ1v) is 12.2. The van der Waals surface area contributed by atoms with Crippen molar-refractivity contribution in [1.82, 2.24) is 15.1 Å². The number of halogens is 2. The Labute approximate surface area is 219 Å². The maximum atomic E-state index is 14.6. The summed E-state index contributed by atoms with van der Waals surface area (Å²) in [5.74, 6) is 0.229. The summed E-state index contributed by atoms with van der Waals surface area (Å²) in [6.07, 6.45) is 2.05. The van der Waals surface area contributed by atoms with E-state index in [-0.39, 0.29) is 35.6 Å². The van der Waals surface area contributed by atoms with Gasteiger partial charge < -0.3 is 15.4 Å². The van der Waals surface area contributed by atoms with Crippen molar-refractivity contribution in [2.45, 2.75) is 71.0 Å². The Balaban J connectivity index is 0.00000361. The number of hydrogen-bond acceptors (Lipinski definition) is 4. The molecule has 1 atom stereocenters. The van der Waals surface area contributed by atoms with E-state index in [1.54, 1.807) is 6.07 Å². The summed E-state index contributed by atoms with van der Waals surface area (Å²) >= 11 is 0. The first kappa shape index (κ1) is 27.5. The van der Waals surface area contributed by atoms with Gasteiger partial charge in [-0.2, -0.15) is 5.10 Å². The number of fused-ring (bicyclic) bond motifs is 1. The number of amides is 1. The fourth-order valence-electron chi connectivity index (χ4n) is 5.21. The molecule has 0 unspecified atom stereocenters. The van der Waals surface area contributed by atoms with Gasteiger partial charge in [-0.1, -0.05) is 50.2 Å². The highest BCUT2D eigenvalue weighted by atomic mass is 35.5. The van der Waals surface area contributed by atoms with Gasteiger partial charge in [0.1, 0.15) is 11.4 Å². The number of carbonyl (C=O) groups excluding carboxylic acids is 1. The van der Waals surface area contributed by atoms with Gasteiger partial charge in [0.2, 0.25) is 0 Å². The predicted octanol–water partition coefficient (Wildman–Crippen LogP) is 6.50. The summed E-state index contributed by atoms with van der Waals surface area (Å²) < 4.78 is 21.6. The molecule has 8 heteroatoms. The third-order valence-electron chi connectivity index (χ3n) is 7.34. The number of hydrogen-bond donors (Lipinski definition) is 2. The summed E-state index contributed by atoms with van der Waals surface area (Å²) in [6, 6.07) is 15.2. The van der Waals surface area contributed by atoms with E-state index in [0.717, 1.165) is 6.42 Å². The lowest BCUT2D eigenvalue weighted by Gasteiger charge is -2.38. The van der Waals surface area contributed by atoms with Crippen LogP contribution in [-0.4, -0.2) is 22.8 Å². The topological polar surface area (TPSA) is 68.2 Å². The molecule has 2 aromatic carbocycles. The predicted molar refractivity (Wildman–Crippen MR) is 144 cm³/mol. The van der Waals surface area contributed by atoms with Crippen molar-refractivity contribution in [3.8, 4) is 5.75 Å². The lowest BCUT2D eigenvalue weighted by atomic mass is 9.84. The average Bonchev–Trinajstić information content (AvgIpc) is 3.19. The lowest BCUT2D eigenvalue weighted by molar-refractivity contribution is 0.0889. The van der Waals surface area contributed by atoms with Crippen LogP contribution in [0, 0.1) is 12.7 Å². The number of ether oxygens (including phenoxy) is 1. The van der Waals surface area contributed by atoms with Gasteiger partial charge >= 0.3 is 0 Å². The Kier molecular flexibility index (Phi) is 8.04. The summed E-state index contributed by atoms with van der Waals surface area (Å²) in [5.41, 5.74) is 2.06. The number of methoxy groups -OCH3 is 1. The summed E-state index contributed by atoms with van der Waals surface area (Å²) in [4.78, 5) is 13.8. The van der Waals surface area contributed by atoms with Gasteiger partial charge in [-0.25, -0.2) is 9.07 Å². The zero-order valence-electron chi connectivity index (χ0n) is 21.8. The molecular weight excluding hydrogens is 479 g/mol. The Morgan fingerprint density at radius 1 is 1.22 bits per heavy atom. The molecule has 36 heavy (non-hydrogen) atoms. The van der Waals surface area contributed by atoms with Crippen LogP contribution < -0.4 is 15.4 Å². The highest BCUT2D eigenvalue weighted by Gasteiger charge is 2.39. The number of rotatable bonds is 7. The molecule has 0 bridgehead atoms. The highest BCUT2D eigenvalue weighted by molar-refractivity contribution is 6.00. The first-order chi connectivity index (χ1) is 16.7. The van der Waals surface area contributed by atoms with E-state index in [4.69, 9.17) is 9.84 Å². The zero-order chi connectivity index (χ0) is 25.4. The van der Waals surface area contributed by atoms with Crippen molar-refractivity contribution < 1.29 is 13.9 Å². The maximum Gasteiger partial charge on any atom is 0.257 e. The highest BCUT2D eigenvalue weighted by Crippen LogP contribution is 2.41. The van der Waals surface area contributed by atoms with E-state index in [2.05, 4.69) is 36.6 Å². The average molecular weight is 515 g/mol. The van der Waals surface area contributed by atoms with Crippen LogP contribution in [0.15, 0.2) is 48.5 Å². The van der Waals surface area contributed by atoms with E-state index < -0.39 is 11.4 Å². The normalized spacial score (nSPS) is 16.4. The van der Waals surface area contributed by atoms with Gasteiger partial charge in [0.05, 0.1) is 29.9 Å². The van der Waals surface area contributed by atoms with Crippen LogP contribution in [0.25, 0.3) is 0 Å². The molecule has 0 saturated heterocycles. The number of nitrogens with one attached hydrogen (secondary N) is 2. The molecule has 0 radical (unpaired) electrons. The fraction of sp³-hybridized carbons (Fsp3) is 0.429. The van der Waals surface area contributed by atoms with E-state index >= 15 is 0 Å². The molecule has 2 heterocycles. The van der Waals surface area contributed by atoms with E-state index in [1.165, 1.54) is 18.7 Å². The van der Waals surface area contributed by atoms with E-state index in [0.29, 0.717) is 35.5 Å². The molecule has 0 aliphatic carbocycles. The van der Waals surface area contributed by atoms with Crippen molar-refractivity contribution in [3.05, 3.63) is 76.7 Å². The molecule has 0 saturated carbocycles. The lowest BCUT2D eigenvalue weighted by Crippen LogP contribution is -2.46. The molecule has 194 valence electrons. The van der Waals surface area contributed by atoms with Crippen LogP contribution in [0.1, 0.15) is 80.2 Å². The molecular formula is C28H36ClFN4O2. The quantitative estimate of drug-likeness (QED) is 0.377. The fourth-order valence-corrected chi connectivity index (χ4v) is 5.21. The first-order valence-electron chi connectivity index (χ1n) is 12.2. The molecule has 1 aliphatic rings. The molecule has 1 amide bonds. The van der Waals surface area contributed by atoms with Crippen LogP contribution in [0.5, 0.6) is 5.75 Å². The van der Waals surface area contributed by atoms with Gasteiger partial charge in [-0.05, 0) is 63.3 Å². The second-order valence-corrected chi connectivity index (χ2v) is 9.94. The number of nitrogens with zero attached hydrogens (tertiary/aromatic N) is 2. The van der Waals surface area contributed by atoms with E-state index in [1.807, 2.05) is 49.7 Å². The van der Waals surface area contributed by atoms with Crippen molar-refractivity contribution >= 4 is 24.1 Å². The van der Waals surface area contributed by atoms with Gasteiger partial charge in [-0.3, -0.25) is 4.79 Å². The Morgan fingerprint density at radius 3 is 2.47 bits per heavy atom. The summed E-state index contributed by atoms with van der Waals surface area (Å²) in [5, 5.41) is 11.6. The van der Waals surface area contributed by atoms with Crippen molar-refractivity contribution in [2.75, 3.05) is 12.4 Å². The number of benzene rings is 2. The van der Waals surface area contributed by atoms with E-state index in [9.17, 15) is 9.18 Å². The zero-order valence-corrected chi connectivity index (χ0v) is 22.6. The Morgan fingerprint density at radius 2 is 1.89 bits per heavy atom. The molecule has 2 N–H and O–H groups in total. The minimum atomic E-state index is -0.728. The number of anilines is 1. The Hall–Kier alpha value is -3.06. The molecule has 0 spiro atoms. The molecule has 4 rings (SSSR count). The van der Waals surface area contributed by atoms with Crippen LogP contribution in [0.3, 0.4) is 0 Å². The van der Waals surface area contributed by atoms with Crippen LogP contribution >= 0.6 is 12.4 Å². The molecule has 1 aliphatic heterocycles. The largest absolute Gasteiger partial charge is 0.494 e. The van der Waals surface area contributed by atoms with Gasteiger partial charge in [-0.15, -0.1) is 12.4 Å². The van der Waals surface area contributed by atoms with Crippen molar-refractivity contribution in [3.63, 3.8) is 0 Å². The molecule has 1 aromatic heterocycles. The van der Waals surface area contributed by atoms with Gasteiger partial charge in [0.15, 0.2) is 11.6 Å². The van der Waals surface area contributed by atoms with Gasteiger partial charge in [0.25, 0.3) is 5.91 Å². The molecule has 3 aromatic rings. The van der Waals surface area contributed by atoms with Crippen LogP contribution in [-0.2, 0) is 11.1 Å². The van der Waals surface area contributed by atoms with Crippen molar-refractivity contribution in [2.24, 2.45) is 0 Å². The smallest absolute Gasteiger partial charge is 0.257 e. The van der Waals surface area contributed by atoms with Gasteiger partial charge in [0, 0.05) is 0 Å². The maximum absolute atomic E-state index is 14.6. The monoisotopic (exact) mass is 514 g/mol. The number of carbonyl (C=O) groups is 1. The molecule has 6 nitrogen and oxygen atoms in total. The molecule has 0 fully saturated rings. The minimum Gasteiger partial charge on any atom is -0.494 e. The number of aryl methyl sites for hydroxylation is 1. The SMILES string of the molecule is CCC(CC)(NC(=O)c1c(C)nn2c1N[C@@H](c1ccccc1)CC2(C)C)c1ccc(OC)c(F)c1.Cl. The Bertz CT molecular complexity index is 1220. The third kappa shape index (κ3) is 4.81.